The third-order valence-corrected chi connectivity index (χ3v) is 5.46. The quantitative estimate of drug-likeness (QED) is 0.815. The Kier molecular flexibility index (Phi) is 3.39. The van der Waals surface area contributed by atoms with Gasteiger partial charge < -0.3 is 15.5 Å². The number of likely N-dealkylation sites (N-methyl/N-ethyl adjacent to an activating group) is 1. The van der Waals surface area contributed by atoms with Crippen molar-refractivity contribution in [3.05, 3.63) is 54.2 Å². The molecule has 25 heavy (non-hydrogen) atoms. The topological polar surface area (TPSA) is 44.4 Å². The molecule has 0 spiro atoms. The van der Waals surface area contributed by atoms with Crippen LogP contribution in [0.5, 0.6) is 0 Å². The Morgan fingerprint density at radius 1 is 1.20 bits per heavy atom. The van der Waals surface area contributed by atoms with Crippen LogP contribution >= 0.6 is 0 Å². The van der Waals surface area contributed by atoms with Crippen LogP contribution < -0.4 is 15.5 Å². The molecule has 0 aliphatic carbocycles. The summed E-state index contributed by atoms with van der Waals surface area (Å²) in [6.45, 7) is 9.33. The van der Waals surface area contributed by atoms with E-state index in [0.29, 0.717) is 13.0 Å². The number of nitrogens with zero attached hydrogens (tertiary/aromatic N) is 1. The Balaban J connectivity index is 1.86. The molecular weight excluding hydrogens is 310 g/mol. The van der Waals surface area contributed by atoms with Crippen molar-refractivity contribution in [2.24, 2.45) is 0 Å². The van der Waals surface area contributed by atoms with Crippen LogP contribution in [0.15, 0.2) is 48.7 Å². The van der Waals surface area contributed by atoms with Crippen molar-refractivity contribution < 1.29 is 4.79 Å². The lowest BCUT2D eigenvalue weighted by atomic mass is 9.83. The summed E-state index contributed by atoms with van der Waals surface area (Å²) in [5, 5.41) is 6.41. The number of allylic oxidation sites excluding steroid dienone is 1. The van der Waals surface area contributed by atoms with Crippen LogP contribution in [0.1, 0.15) is 25.8 Å². The zero-order chi connectivity index (χ0) is 17.8. The van der Waals surface area contributed by atoms with Crippen molar-refractivity contribution in [2.45, 2.75) is 25.7 Å². The van der Waals surface area contributed by atoms with Crippen LogP contribution in [-0.2, 0) is 10.2 Å². The molecule has 0 unspecified atom stereocenters. The fourth-order valence-electron chi connectivity index (χ4n) is 3.82. The molecule has 2 heterocycles. The predicted octanol–water partition coefficient (Wildman–Crippen LogP) is 4.35. The van der Waals surface area contributed by atoms with E-state index in [2.05, 4.69) is 67.3 Å². The highest BCUT2D eigenvalue weighted by Gasteiger charge is 2.37. The first-order valence-corrected chi connectivity index (χ1v) is 8.64. The maximum Gasteiger partial charge on any atom is 0.226 e. The van der Waals surface area contributed by atoms with Gasteiger partial charge >= 0.3 is 0 Å². The van der Waals surface area contributed by atoms with E-state index in [1.165, 1.54) is 11.3 Å². The summed E-state index contributed by atoms with van der Waals surface area (Å²) in [5.41, 5.74) is 7.62. The normalized spacial score (nSPS) is 18.1. The summed E-state index contributed by atoms with van der Waals surface area (Å²) >= 11 is 0. The second kappa shape index (κ2) is 5.38. The zero-order valence-electron chi connectivity index (χ0n) is 14.9. The second-order valence-corrected chi connectivity index (χ2v) is 7.32. The molecule has 128 valence electrons. The van der Waals surface area contributed by atoms with Crippen LogP contribution in [0, 0.1) is 0 Å². The maximum absolute atomic E-state index is 11.8. The summed E-state index contributed by atoms with van der Waals surface area (Å²) in [6.07, 6.45) is 0.482. The lowest BCUT2D eigenvalue weighted by Crippen LogP contribution is -2.21. The molecule has 2 aliphatic rings. The maximum atomic E-state index is 11.8. The van der Waals surface area contributed by atoms with Crippen molar-refractivity contribution in [1.29, 1.82) is 0 Å². The molecule has 0 bridgehead atoms. The summed E-state index contributed by atoms with van der Waals surface area (Å²) in [4.78, 5) is 14.0. The molecule has 2 N–H and O–H groups in total. The van der Waals surface area contributed by atoms with E-state index >= 15 is 0 Å². The predicted molar refractivity (Wildman–Crippen MR) is 104 cm³/mol. The van der Waals surface area contributed by atoms with E-state index in [1.807, 2.05) is 12.1 Å². The first-order valence-electron chi connectivity index (χ1n) is 8.64. The van der Waals surface area contributed by atoms with Gasteiger partial charge in [0, 0.05) is 42.4 Å². The number of fused-ring (bicyclic) bond motifs is 2. The molecule has 2 aromatic carbocycles. The van der Waals surface area contributed by atoms with Gasteiger partial charge in [0.1, 0.15) is 0 Å². The Bertz CT molecular complexity index is 898. The number of carbonyl (C=O) groups excluding carboxylic acids is 1. The van der Waals surface area contributed by atoms with Gasteiger partial charge in [-0.1, -0.05) is 38.6 Å². The third-order valence-electron chi connectivity index (χ3n) is 5.46. The van der Waals surface area contributed by atoms with Crippen molar-refractivity contribution in [1.82, 2.24) is 0 Å². The molecule has 1 amide bonds. The summed E-state index contributed by atoms with van der Waals surface area (Å²) in [7, 11) is 2.07. The Hall–Kier alpha value is -2.75. The molecule has 0 aromatic heterocycles. The van der Waals surface area contributed by atoms with Gasteiger partial charge in [-0.2, -0.15) is 0 Å². The molecule has 0 saturated heterocycles. The lowest BCUT2D eigenvalue weighted by molar-refractivity contribution is -0.115. The first kappa shape index (κ1) is 15.8. The monoisotopic (exact) mass is 333 g/mol. The first-order chi connectivity index (χ1) is 11.9. The van der Waals surface area contributed by atoms with Crippen LogP contribution in [-0.4, -0.2) is 19.5 Å². The smallest absolute Gasteiger partial charge is 0.226 e. The third kappa shape index (κ3) is 2.32. The van der Waals surface area contributed by atoms with E-state index < -0.39 is 0 Å². The van der Waals surface area contributed by atoms with Crippen LogP contribution in [0.2, 0.25) is 0 Å². The number of carbonyl (C=O) groups is 1. The highest BCUT2D eigenvalue weighted by Crippen LogP contribution is 2.48. The zero-order valence-corrected chi connectivity index (χ0v) is 14.9. The Morgan fingerprint density at radius 3 is 2.80 bits per heavy atom. The second-order valence-electron chi connectivity index (χ2n) is 7.32. The average Bonchev–Trinajstić information content (AvgIpc) is 2.74. The standard InChI is InChI=1S/C21H23N3O/c1-13-21(2,3)16-12-14(8-9-18(16)24(13)4)15-6-5-7-17-20(15)22-11-10-19(25)23-17/h5-9,12,22H,1,10-11H2,2-4H3,(H,23,25). The minimum Gasteiger partial charge on any atom is -0.382 e. The molecule has 0 saturated carbocycles. The molecule has 2 aliphatic heterocycles. The van der Waals surface area contributed by atoms with E-state index in [0.717, 1.165) is 28.2 Å². The number of rotatable bonds is 1. The van der Waals surface area contributed by atoms with Crippen molar-refractivity contribution >= 4 is 23.0 Å². The molecule has 0 fully saturated rings. The molecule has 2 aromatic rings. The van der Waals surface area contributed by atoms with Gasteiger partial charge in [-0.25, -0.2) is 0 Å². The number of amides is 1. The van der Waals surface area contributed by atoms with Gasteiger partial charge in [-0.05, 0) is 29.3 Å². The largest absolute Gasteiger partial charge is 0.382 e. The summed E-state index contributed by atoms with van der Waals surface area (Å²) < 4.78 is 0. The van der Waals surface area contributed by atoms with Crippen molar-refractivity contribution in [2.75, 3.05) is 29.1 Å². The highest BCUT2D eigenvalue weighted by atomic mass is 16.1. The SMILES string of the molecule is C=C1N(C)c2ccc(-c3cccc4c3NCCC(=O)N4)cc2C1(C)C. The number of hydrogen-bond acceptors (Lipinski definition) is 3. The van der Waals surface area contributed by atoms with Gasteiger partial charge in [-0.3, -0.25) is 4.79 Å². The van der Waals surface area contributed by atoms with E-state index in [4.69, 9.17) is 0 Å². The molecule has 0 radical (unpaired) electrons. The van der Waals surface area contributed by atoms with E-state index in [-0.39, 0.29) is 11.3 Å². The van der Waals surface area contributed by atoms with E-state index in [9.17, 15) is 4.79 Å². The minimum absolute atomic E-state index is 0.0522. The average molecular weight is 333 g/mol. The van der Waals surface area contributed by atoms with Gasteiger partial charge in [0.05, 0.1) is 11.4 Å². The molecule has 0 atom stereocenters. The molecule has 4 heteroatoms. The number of nitrogens with one attached hydrogen (secondary N) is 2. The number of anilines is 3. The fraction of sp³-hybridized carbons (Fsp3) is 0.286. The molecule has 4 rings (SSSR count). The van der Waals surface area contributed by atoms with Gasteiger partial charge in [-0.15, -0.1) is 0 Å². The van der Waals surface area contributed by atoms with Gasteiger partial charge in [0.15, 0.2) is 0 Å². The van der Waals surface area contributed by atoms with Gasteiger partial charge in [0.25, 0.3) is 0 Å². The van der Waals surface area contributed by atoms with Crippen LogP contribution in [0.4, 0.5) is 17.1 Å². The van der Waals surface area contributed by atoms with Crippen molar-refractivity contribution in [3.8, 4) is 11.1 Å². The number of para-hydroxylation sites is 1. The van der Waals surface area contributed by atoms with Crippen LogP contribution in [0.25, 0.3) is 11.1 Å². The summed E-state index contributed by atoms with van der Waals surface area (Å²) in [5.74, 6) is 0.0522. The Morgan fingerprint density at radius 2 is 2.00 bits per heavy atom. The van der Waals surface area contributed by atoms with Crippen molar-refractivity contribution in [3.63, 3.8) is 0 Å². The number of hydrogen-bond donors (Lipinski definition) is 2. The minimum atomic E-state index is -0.0898. The molecular formula is C21H23N3O. The Labute approximate surface area is 148 Å². The van der Waals surface area contributed by atoms with E-state index in [1.54, 1.807) is 0 Å². The van der Waals surface area contributed by atoms with Gasteiger partial charge in [0.2, 0.25) is 5.91 Å². The molecule has 4 nitrogen and oxygen atoms in total. The van der Waals surface area contributed by atoms with Crippen LogP contribution in [0.3, 0.4) is 0 Å². The highest BCUT2D eigenvalue weighted by molar-refractivity contribution is 6.00. The fourth-order valence-corrected chi connectivity index (χ4v) is 3.82. The lowest BCUT2D eigenvalue weighted by Gasteiger charge is -2.22. The number of benzene rings is 2. The summed E-state index contributed by atoms with van der Waals surface area (Å²) in [6, 6.07) is 12.6.